The number of nitrogens with two attached hydrogens (primary N) is 1. The van der Waals surface area contributed by atoms with Crippen LogP contribution in [0.2, 0.25) is 5.02 Å². The molecule has 0 radical (unpaired) electrons. The summed E-state index contributed by atoms with van der Waals surface area (Å²) in [6, 6.07) is 4.21. The molecule has 20 heavy (non-hydrogen) atoms. The number of rotatable bonds is 3. The van der Waals surface area contributed by atoms with Crippen LogP contribution in [0.1, 0.15) is 36.5 Å². The Morgan fingerprint density at radius 1 is 1.45 bits per heavy atom. The van der Waals surface area contributed by atoms with Crippen molar-refractivity contribution in [1.82, 2.24) is 4.90 Å². The van der Waals surface area contributed by atoms with Gasteiger partial charge in [0.1, 0.15) is 0 Å². The van der Waals surface area contributed by atoms with Crippen LogP contribution in [-0.4, -0.2) is 31.8 Å². The van der Waals surface area contributed by atoms with Crippen molar-refractivity contribution in [2.24, 2.45) is 5.14 Å². The molecule has 1 fully saturated rings. The lowest BCUT2D eigenvalue weighted by atomic mass is 10.1. The molecule has 2 N–H and O–H groups in total. The SMILES string of the molecule is CCC1CCCN1C(=O)c1cc(Cl)cc(S(N)(=O)=O)c1. The molecule has 0 aromatic heterocycles. The smallest absolute Gasteiger partial charge is 0.254 e. The van der Waals surface area contributed by atoms with E-state index in [1.807, 2.05) is 6.92 Å². The zero-order valence-corrected chi connectivity index (χ0v) is 12.7. The van der Waals surface area contributed by atoms with Gasteiger partial charge in [0.15, 0.2) is 0 Å². The monoisotopic (exact) mass is 316 g/mol. The Hall–Kier alpha value is -1.11. The van der Waals surface area contributed by atoms with E-state index in [-0.39, 0.29) is 27.4 Å². The molecule has 1 heterocycles. The molecule has 110 valence electrons. The van der Waals surface area contributed by atoms with Gasteiger partial charge in [-0.3, -0.25) is 4.79 Å². The predicted octanol–water partition coefficient (Wildman–Crippen LogP) is 2.00. The Labute approximate surface area is 123 Å². The summed E-state index contributed by atoms with van der Waals surface area (Å²) in [5.41, 5.74) is 0.266. The van der Waals surface area contributed by atoms with Gasteiger partial charge < -0.3 is 4.90 Å². The third-order valence-corrected chi connectivity index (χ3v) is 4.67. The first kappa shape index (κ1) is 15.3. The highest BCUT2D eigenvalue weighted by Crippen LogP contribution is 2.25. The Bertz CT molecular complexity index is 631. The van der Waals surface area contributed by atoms with Crippen LogP contribution in [0.4, 0.5) is 0 Å². The highest BCUT2D eigenvalue weighted by molar-refractivity contribution is 7.89. The van der Waals surface area contributed by atoms with E-state index in [0.29, 0.717) is 6.54 Å². The average molecular weight is 317 g/mol. The maximum absolute atomic E-state index is 12.5. The second kappa shape index (κ2) is 5.71. The van der Waals surface area contributed by atoms with Gasteiger partial charge in [0.25, 0.3) is 5.91 Å². The van der Waals surface area contributed by atoms with E-state index in [1.165, 1.54) is 18.2 Å². The van der Waals surface area contributed by atoms with Crippen molar-refractivity contribution in [3.05, 3.63) is 28.8 Å². The minimum atomic E-state index is -3.88. The molecule has 1 saturated heterocycles. The summed E-state index contributed by atoms with van der Waals surface area (Å²) in [7, 11) is -3.88. The first-order valence-corrected chi connectivity index (χ1v) is 8.39. The summed E-state index contributed by atoms with van der Waals surface area (Å²) < 4.78 is 22.8. The van der Waals surface area contributed by atoms with Crippen molar-refractivity contribution in [2.75, 3.05) is 6.54 Å². The fourth-order valence-electron chi connectivity index (χ4n) is 2.54. The van der Waals surface area contributed by atoms with Crippen LogP contribution in [0, 0.1) is 0 Å². The maximum atomic E-state index is 12.5. The fourth-order valence-corrected chi connectivity index (χ4v) is 3.43. The molecule has 1 aliphatic heterocycles. The molecule has 1 aromatic rings. The van der Waals surface area contributed by atoms with Gasteiger partial charge in [-0.1, -0.05) is 18.5 Å². The molecular formula is C13H17ClN2O3S. The minimum absolute atomic E-state index is 0.138. The van der Waals surface area contributed by atoms with Gasteiger partial charge in [0, 0.05) is 23.2 Å². The zero-order chi connectivity index (χ0) is 14.9. The standard InChI is InChI=1S/C13H17ClN2O3S/c1-2-11-4-3-5-16(11)13(17)9-6-10(14)8-12(7-9)20(15,18)19/h6-8,11H,2-5H2,1H3,(H2,15,18,19). The highest BCUT2D eigenvalue weighted by atomic mass is 35.5. The number of primary sulfonamides is 1. The first-order chi connectivity index (χ1) is 9.32. The number of halogens is 1. The molecule has 0 saturated carbocycles. The third-order valence-electron chi connectivity index (χ3n) is 3.56. The van der Waals surface area contributed by atoms with E-state index in [2.05, 4.69) is 0 Å². The van der Waals surface area contributed by atoms with E-state index >= 15 is 0 Å². The minimum Gasteiger partial charge on any atom is -0.336 e. The summed E-state index contributed by atoms with van der Waals surface area (Å²) in [5, 5.41) is 5.28. The van der Waals surface area contributed by atoms with Crippen LogP contribution in [-0.2, 0) is 10.0 Å². The molecule has 1 aliphatic rings. The van der Waals surface area contributed by atoms with Gasteiger partial charge in [-0.05, 0) is 37.5 Å². The Morgan fingerprint density at radius 2 is 2.15 bits per heavy atom. The highest BCUT2D eigenvalue weighted by Gasteiger charge is 2.28. The van der Waals surface area contributed by atoms with E-state index in [9.17, 15) is 13.2 Å². The lowest BCUT2D eigenvalue weighted by molar-refractivity contribution is 0.0733. The molecule has 0 spiro atoms. The molecule has 0 aliphatic carbocycles. The van der Waals surface area contributed by atoms with E-state index in [4.69, 9.17) is 16.7 Å². The van der Waals surface area contributed by atoms with Gasteiger partial charge >= 0.3 is 0 Å². The largest absolute Gasteiger partial charge is 0.336 e. The number of hydrogen-bond acceptors (Lipinski definition) is 3. The number of hydrogen-bond donors (Lipinski definition) is 1. The van der Waals surface area contributed by atoms with E-state index in [1.54, 1.807) is 4.90 Å². The summed E-state index contributed by atoms with van der Waals surface area (Å²) >= 11 is 5.89. The van der Waals surface area contributed by atoms with Crippen molar-refractivity contribution in [2.45, 2.75) is 37.1 Å². The van der Waals surface area contributed by atoms with Crippen LogP contribution >= 0.6 is 11.6 Å². The lowest BCUT2D eigenvalue weighted by Gasteiger charge is -2.24. The van der Waals surface area contributed by atoms with Crippen molar-refractivity contribution < 1.29 is 13.2 Å². The zero-order valence-electron chi connectivity index (χ0n) is 11.2. The topological polar surface area (TPSA) is 80.5 Å². The molecule has 7 heteroatoms. The van der Waals surface area contributed by atoms with Crippen molar-refractivity contribution >= 4 is 27.5 Å². The summed E-state index contributed by atoms with van der Waals surface area (Å²) in [6.07, 6.45) is 2.83. The number of benzene rings is 1. The van der Waals surface area contributed by atoms with Crippen molar-refractivity contribution in [3.8, 4) is 0 Å². The van der Waals surface area contributed by atoms with Gasteiger partial charge in [-0.25, -0.2) is 13.6 Å². The summed E-state index contributed by atoms with van der Waals surface area (Å²) in [4.78, 5) is 14.1. The van der Waals surface area contributed by atoms with E-state index in [0.717, 1.165) is 19.3 Å². The predicted molar refractivity (Wildman–Crippen MR) is 77.2 cm³/mol. The van der Waals surface area contributed by atoms with Crippen LogP contribution in [0.3, 0.4) is 0 Å². The van der Waals surface area contributed by atoms with Gasteiger partial charge in [0.05, 0.1) is 4.90 Å². The number of sulfonamides is 1. The third kappa shape index (κ3) is 3.13. The number of carbonyl (C=O) groups excluding carboxylic acids is 1. The quantitative estimate of drug-likeness (QED) is 0.926. The first-order valence-electron chi connectivity index (χ1n) is 6.47. The number of amides is 1. The second-order valence-electron chi connectivity index (χ2n) is 4.92. The molecule has 5 nitrogen and oxygen atoms in total. The van der Waals surface area contributed by atoms with Crippen molar-refractivity contribution in [3.63, 3.8) is 0 Å². The van der Waals surface area contributed by atoms with Crippen LogP contribution < -0.4 is 5.14 Å². The summed E-state index contributed by atoms with van der Waals surface area (Å²) in [5.74, 6) is -0.193. The Morgan fingerprint density at radius 3 is 2.75 bits per heavy atom. The average Bonchev–Trinajstić information content (AvgIpc) is 2.84. The maximum Gasteiger partial charge on any atom is 0.254 e. The van der Waals surface area contributed by atoms with Gasteiger partial charge in [0.2, 0.25) is 10.0 Å². The molecule has 1 unspecified atom stereocenters. The van der Waals surface area contributed by atoms with Crippen LogP contribution in [0.25, 0.3) is 0 Å². The number of carbonyl (C=O) groups is 1. The number of likely N-dealkylation sites (tertiary alicyclic amines) is 1. The Balaban J connectivity index is 2.38. The molecule has 1 aromatic carbocycles. The number of nitrogens with zero attached hydrogens (tertiary/aromatic N) is 1. The molecule has 0 bridgehead atoms. The molecular weight excluding hydrogens is 300 g/mol. The van der Waals surface area contributed by atoms with Crippen LogP contribution in [0.5, 0.6) is 0 Å². The normalized spacial score (nSPS) is 19.4. The van der Waals surface area contributed by atoms with Gasteiger partial charge in [-0.2, -0.15) is 0 Å². The van der Waals surface area contributed by atoms with Crippen LogP contribution in [0.15, 0.2) is 23.1 Å². The molecule has 1 atom stereocenters. The molecule has 1 amide bonds. The second-order valence-corrected chi connectivity index (χ2v) is 6.92. The fraction of sp³-hybridized carbons (Fsp3) is 0.462. The lowest BCUT2D eigenvalue weighted by Crippen LogP contribution is -2.35. The Kier molecular flexibility index (Phi) is 4.36. The van der Waals surface area contributed by atoms with Crippen molar-refractivity contribution in [1.29, 1.82) is 0 Å². The van der Waals surface area contributed by atoms with E-state index < -0.39 is 10.0 Å². The summed E-state index contributed by atoms with van der Waals surface area (Å²) in [6.45, 7) is 2.72. The van der Waals surface area contributed by atoms with Gasteiger partial charge in [-0.15, -0.1) is 0 Å². The molecule has 2 rings (SSSR count).